The van der Waals surface area contributed by atoms with E-state index < -0.39 is 20.3 Å². The first-order chi connectivity index (χ1) is 11.5. The molecule has 5 rings (SSSR count). The van der Waals surface area contributed by atoms with Gasteiger partial charge in [-0.25, -0.2) is 0 Å². The number of aryl methyl sites for hydroxylation is 2. The van der Waals surface area contributed by atoms with Gasteiger partial charge in [0.15, 0.2) is 0 Å². The van der Waals surface area contributed by atoms with Crippen LogP contribution in [0, 0.1) is 13.8 Å². The molecule has 0 N–H and O–H groups in total. The third kappa shape index (κ3) is 1.83. The van der Waals surface area contributed by atoms with Gasteiger partial charge in [-0.05, 0) is 0 Å². The van der Waals surface area contributed by atoms with Gasteiger partial charge >= 0.3 is 150 Å². The minimum absolute atomic E-state index is 0.766. The molecule has 1 aliphatic heterocycles. The predicted molar refractivity (Wildman–Crippen MR) is 100 cm³/mol. The van der Waals surface area contributed by atoms with E-state index in [4.69, 9.17) is 0 Å². The van der Waals surface area contributed by atoms with Gasteiger partial charge in [-0.1, -0.05) is 0 Å². The molecule has 0 radical (unpaired) electrons. The van der Waals surface area contributed by atoms with E-state index in [1.165, 1.54) is 28.7 Å². The Morgan fingerprint density at radius 3 is 1.67 bits per heavy atom. The quantitative estimate of drug-likeness (QED) is 0.479. The van der Waals surface area contributed by atoms with Crippen LogP contribution in [-0.2, 0) is 20.3 Å². The monoisotopic (exact) mass is 390 g/mol. The van der Waals surface area contributed by atoms with Crippen molar-refractivity contribution in [2.24, 2.45) is 0 Å². The average molecular weight is 392 g/mol. The van der Waals surface area contributed by atoms with Gasteiger partial charge in [-0.2, -0.15) is 0 Å². The zero-order valence-electron chi connectivity index (χ0n) is 15.0. The third-order valence-corrected chi connectivity index (χ3v) is 17.3. The Labute approximate surface area is 149 Å². The molecular weight excluding hydrogens is 367 g/mol. The molecule has 2 aliphatic carbocycles. The molecule has 0 amide bonds. The topological polar surface area (TPSA) is 0 Å². The van der Waals surface area contributed by atoms with Crippen molar-refractivity contribution in [1.82, 2.24) is 0 Å². The van der Waals surface area contributed by atoms with Crippen LogP contribution in [0.2, 0.25) is 9.26 Å². The first kappa shape index (κ1) is 15.1. The Kier molecular flexibility index (Phi) is 3.09. The normalized spacial score (nSPS) is 25.3. The summed E-state index contributed by atoms with van der Waals surface area (Å²) in [7, 11) is 0. The van der Waals surface area contributed by atoms with E-state index in [0.29, 0.717) is 0 Å². The van der Waals surface area contributed by atoms with Crippen LogP contribution in [0.4, 0.5) is 0 Å². The minimum atomic E-state index is -2.43. The maximum absolute atomic E-state index is 2.69. The molecule has 120 valence electrons. The van der Waals surface area contributed by atoms with Gasteiger partial charge < -0.3 is 0 Å². The Bertz CT molecular complexity index is 867. The van der Waals surface area contributed by atoms with Crippen LogP contribution in [0.15, 0.2) is 47.5 Å². The van der Waals surface area contributed by atoms with Gasteiger partial charge in [0.2, 0.25) is 0 Å². The molecule has 3 aliphatic rings. The van der Waals surface area contributed by atoms with Crippen LogP contribution in [0.5, 0.6) is 0 Å². The Morgan fingerprint density at radius 1 is 0.750 bits per heavy atom. The number of allylic oxidation sites excluding steroid dienone is 2. The second-order valence-corrected chi connectivity index (χ2v) is 20.3. The summed E-state index contributed by atoms with van der Waals surface area (Å²) in [4.78, 5) is 0. The number of benzene rings is 2. The third-order valence-electron chi connectivity index (χ3n) is 6.64. The molecule has 0 aromatic heterocycles. The molecule has 2 atom stereocenters. The fourth-order valence-electron chi connectivity index (χ4n) is 5.71. The molecule has 2 unspecified atom stereocenters. The summed E-state index contributed by atoms with van der Waals surface area (Å²) in [5, 5.41) is 0. The maximum atomic E-state index is 2.69. The second kappa shape index (κ2) is 4.92. The SMILES string of the molecule is Cc1cccc2c1C=C1CC3=Cc4c(C)cccc4[CH]3[Zr]([CH3])([CH3])[CH]12. The van der Waals surface area contributed by atoms with Crippen LogP contribution in [-0.4, -0.2) is 0 Å². The molecule has 0 spiro atoms. The summed E-state index contributed by atoms with van der Waals surface area (Å²) in [5.41, 5.74) is 12.7. The van der Waals surface area contributed by atoms with E-state index in [1.807, 2.05) is 0 Å². The molecule has 1 heterocycles. The summed E-state index contributed by atoms with van der Waals surface area (Å²) < 4.78 is 6.92. The molecule has 0 saturated carbocycles. The van der Waals surface area contributed by atoms with Crippen molar-refractivity contribution in [3.05, 3.63) is 80.9 Å². The standard InChI is InChI=1S/C21H18.2CH3.Zr/c1-14-5-3-7-18-10-16(12-20(14)18)9-17-11-19-8-4-6-15(2)21(19)13-17;;;/h3-8,10-13H,9H2,1-2H3;2*1H3;. The van der Waals surface area contributed by atoms with Crippen molar-refractivity contribution < 1.29 is 20.3 Å². The van der Waals surface area contributed by atoms with E-state index in [-0.39, 0.29) is 0 Å². The zero-order chi connectivity index (χ0) is 16.6. The Balaban J connectivity index is 1.73. The molecule has 1 saturated heterocycles. The van der Waals surface area contributed by atoms with Gasteiger partial charge in [-0.3, -0.25) is 0 Å². The molecule has 2 aromatic rings. The molecule has 1 fully saturated rings. The van der Waals surface area contributed by atoms with E-state index in [2.05, 4.69) is 71.7 Å². The van der Waals surface area contributed by atoms with Crippen molar-refractivity contribution in [2.75, 3.05) is 0 Å². The zero-order valence-corrected chi connectivity index (χ0v) is 17.4. The van der Waals surface area contributed by atoms with Crippen LogP contribution < -0.4 is 0 Å². The fourth-order valence-corrected chi connectivity index (χ4v) is 17.3. The number of rotatable bonds is 0. The van der Waals surface area contributed by atoms with Gasteiger partial charge in [0.05, 0.1) is 0 Å². The molecular formula is C23H24Zr. The van der Waals surface area contributed by atoms with Crippen LogP contribution in [0.25, 0.3) is 12.2 Å². The molecule has 24 heavy (non-hydrogen) atoms. The van der Waals surface area contributed by atoms with Gasteiger partial charge in [-0.15, -0.1) is 0 Å². The summed E-state index contributed by atoms with van der Waals surface area (Å²) >= 11 is -2.43. The van der Waals surface area contributed by atoms with Crippen LogP contribution >= 0.6 is 0 Å². The summed E-state index contributed by atoms with van der Waals surface area (Å²) in [6, 6.07) is 13.9. The molecule has 2 aromatic carbocycles. The number of hydrogen-bond acceptors (Lipinski definition) is 0. The van der Waals surface area contributed by atoms with Crippen LogP contribution in [0.1, 0.15) is 47.1 Å². The number of fused-ring (bicyclic) bond motifs is 6. The van der Waals surface area contributed by atoms with Crippen molar-refractivity contribution in [1.29, 1.82) is 0 Å². The molecule has 0 nitrogen and oxygen atoms in total. The Hall–Kier alpha value is -1.20. The van der Waals surface area contributed by atoms with Gasteiger partial charge in [0.25, 0.3) is 0 Å². The first-order valence-corrected chi connectivity index (χ1v) is 16.8. The number of hydrogen-bond donors (Lipinski definition) is 0. The van der Waals surface area contributed by atoms with E-state index in [9.17, 15) is 0 Å². The van der Waals surface area contributed by atoms with Crippen molar-refractivity contribution in [3.8, 4) is 0 Å². The van der Waals surface area contributed by atoms with Gasteiger partial charge in [0.1, 0.15) is 0 Å². The summed E-state index contributed by atoms with van der Waals surface area (Å²) in [6.07, 6.45) is 6.28. The van der Waals surface area contributed by atoms with Crippen molar-refractivity contribution in [3.63, 3.8) is 0 Å². The fraction of sp³-hybridized carbons (Fsp3) is 0.304. The van der Waals surface area contributed by atoms with E-state index >= 15 is 0 Å². The van der Waals surface area contributed by atoms with Crippen molar-refractivity contribution in [2.45, 2.75) is 36.8 Å². The summed E-state index contributed by atoms with van der Waals surface area (Å²) in [5.74, 6) is 0. The van der Waals surface area contributed by atoms with E-state index in [1.54, 1.807) is 22.3 Å². The predicted octanol–water partition coefficient (Wildman–Crippen LogP) is 6.53. The molecule has 1 heteroatoms. The van der Waals surface area contributed by atoms with Crippen molar-refractivity contribution >= 4 is 12.2 Å². The van der Waals surface area contributed by atoms with E-state index in [0.717, 1.165) is 7.25 Å². The van der Waals surface area contributed by atoms with Crippen LogP contribution in [0.3, 0.4) is 0 Å². The molecule has 0 bridgehead atoms. The average Bonchev–Trinajstić information content (AvgIpc) is 3.08. The first-order valence-electron chi connectivity index (χ1n) is 9.08. The van der Waals surface area contributed by atoms with Gasteiger partial charge in [0, 0.05) is 0 Å². The Morgan fingerprint density at radius 2 is 1.21 bits per heavy atom. The second-order valence-electron chi connectivity index (χ2n) is 8.46. The summed E-state index contributed by atoms with van der Waals surface area (Å²) in [6.45, 7) is 4.54.